The van der Waals surface area contributed by atoms with Crippen molar-refractivity contribution in [2.45, 2.75) is 44.9 Å². The molecular formula is C29H25N5O4S2. The minimum atomic E-state index is -0.190. The third kappa shape index (κ3) is 6.49. The zero-order valence-corrected chi connectivity index (χ0v) is 23.1. The second kappa shape index (κ2) is 11.9. The van der Waals surface area contributed by atoms with Gasteiger partial charge in [0, 0.05) is 23.6 Å². The van der Waals surface area contributed by atoms with E-state index in [0.29, 0.717) is 16.7 Å². The number of nitrogens with zero attached hydrogens (tertiary/aromatic N) is 4. The zero-order chi connectivity index (χ0) is 27.3. The van der Waals surface area contributed by atoms with Crippen molar-refractivity contribution in [1.29, 1.82) is 0 Å². The second-order valence-electron chi connectivity index (χ2n) is 9.42. The normalized spacial score (nSPS) is 11.4. The summed E-state index contributed by atoms with van der Waals surface area (Å²) in [6, 6.07) is 19.2. The average Bonchev–Trinajstić information content (AvgIpc) is 3.73. The lowest BCUT2D eigenvalue weighted by atomic mass is 10.2. The molecule has 0 aliphatic rings. The predicted molar refractivity (Wildman–Crippen MR) is 154 cm³/mol. The summed E-state index contributed by atoms with van der Waals surface area (Å²) in [5.74, 6) is 1.14. The number of carbonyl (C=O) groups excluding carboxylic acids is 2. The van der Waals surface area contributed by atoms with Crippen molar-refractivity contribution >= 4 is 61.4 Å². The first kappa shape index (κ1) is 26.0. The molecule has 0 saturated carbocycles. The monoisotopic (exact) mass is 571 g/mol. The molecule has 0 unspecified atom stereocenters. The number of carbonyl (C=O) groups is 2. The molecule has 11 heteroatoms. The van der Waals surface area contributed by atoms with Crippen LogP contribution >= 0.6 is 22.7 Å². The van der Waals surface area contributed by atoms with Gasteiger partial charge in [-0.3, -0.25) is 9.59 Å². The number of furan rings is 2. The van der Waals surface area contributed by atoms with E-state index < -0.39 is 0 Å². The number of amides is 1. The van der Waals surface area contributed by atoms with Crippen LogP contribution < -0.4 is 5.32 Å². The molecule has 1 N–H and O–H groups in total. The van der Waals surface area contributed by atoms with E-state index in [9.17, 15) is 9.59 Å². The number of unbranched alkanes of at least 4 members (excludes halogenated alkanes) is 1. The molecule has 0 saturated heterocycles. The van der Waals surface area contributed by atoms with E-state index in [-0.39, 0.29) is 31.0 Å². The van der Waals surface area contributed by atoms with Gasteiger partial charge in [-0.05, 0) is 37.1 Å². The molecule has 40 heavy (non-hydrogen) atoms. The molecule has 0 aliphatic carbocycles. The number of para-hydroxylation sites is 2. The summed E-state index contributed by atoms with van der Waals surface area (Å²) in [5.41, 5.74) is 1.55. The molecule has 6 rings (SSSR count). The summed E-state index contributed by atoms with van der Waals surface area (Å²) >= 11 is 2.86. The molecule has 9 nitrogen and oxygen atoms in total. The van der Waals surface area contributed by atoms with Gasteiger partial charge in [0.1, 0.15) is 43.5 Å². The quantitative estimate of drug-likeness (QED) is 0.178. The highest BCUT2D eigenvalue weighted by Gasteiger charge is 2.14. The zero-order valence-electron chi connectivity index (χ0n) is 21.5. The molecule has 4 aromatic heterocycles. The van der Waals surface area contributed by atoms with E-state index in [1.807, 2.05) is 60.7 Å². The lowest BCUT2D eigenvalue weighted by Gasteiger charge is -1.98. The Bertz CT molecular complexity index is 1590. The van der Waals surface area contributed by atoms with Gasteiger partial charge in [0.15, 0.2) is 0 Å². The highest BCUT2D eigenvalue weighted by atomic mass is 32.1. The van der Waals surface area contributed by atoms with Gasteiger partial charge in [-0.2, -0.15) is 0 Å². The standard InChI is InChI=1S/C29H25N5O4S2/c35-20(15-21-13-18-7-1-3-9-23(18)37-21)16-28-33-31-26(39-28)11-5-6-12-27-32-34-29(40-27)30-25(36)17-22-14-19-8-2-4-10-24(19)38-22/h1-4,7-10,13-14H,5-6,11-12,15-17H2,(H,30,34,36). The van der Waals surface area contributed by atoms with Crippen LogP contribution in [0.4, 0.5) is 5.13 Å². The Morgan fingerprint density at radius 3 is 1.93 bits per heavy atom. The van der Waals surface area contributed by atoms with Gasteiger partial charge in [0.05, 0.1) is 19.3 Å². The molecule has 0 fully saturated rings. The number of hydrogen-bond donors (Lipinski definition) is 1. The van der Waals surface area contributed by atoms with Crippen LogP contribution in [0.25, 0.3) is 21.9 Å². The highest BCUT2D eigenvalue weighted by Crippen LogP contribution is 2.23. The molecule has 1 amide bonds. The molecule has 2 aromatic carbocycles. The Morgan fingerprint density at radius 1 is 0.675 bits per heavy atom. The molecule has 0 bridgehead atoms. The lowest BCUT2D eigenvalue weighted by Crippen LogP contribution is -2.13. The van der Waals surface area contributed by atoms with Gasteiger partial charge in [-0.25, -0.2) is 0 Å². The highest BCUT2D eigenvalue weighted by molar-refractivity contribution is 7.15. The van der Waals surface area contributed by atoms with Crippen LogP contribution in [0.5, 0.6) is 0 Å². The number of aromatic nitrogens is 4. The Hall–Kier alpha value is -4.22. The Labute approximate surface area is 237 Å². The van der Waals surface area contributed by atoms with Crippen LogP contribution in [0.3, 0.4) is 0 Å². The topological polar surface area (TPSA) is 124 Å². The van der Waals surface area contributed by atoms with Crippen LogP contribution in [0, 0.1) is 0 Å². The Morgan fingerprint density at radius 2 is 1.25 bits per heavy atom. The number of aryl methyl sites for hydroxylation is 2. The van der Waals surface area contributed by atoms with Crippen LogP contribution in [0.2, 0.25) is 0 Å². The smallest absolute Gasteiger partial charge is 0.233 e. The first-order valence-corrected chi connectivity index (χ1v) is 14.6. The van der Waals surface area contributed by atoms with Crippen molar-refractivity contribution in [2.75, 3.05) is 5.32 Å². The maximum atomic E-state index is 12.5. The third-order valence-corrected chi connectivity index (χ3v) is 8.14. The van der Waals surface area contributed by atoms with Crippen molar-refractivity contribution < 1.29 is 18.4 Å². The molecular weight excluding hydrogens is 546 g/mol. The van der Waals surface area contributed by atoms with Crippen molar-refractivity contribution in [3.63, 3.8) is 0 Å². The summed E-state index contributed by atoms with van der Waals surface area (Å²) in [4.78, 5) is 24.9. The molecule has 4 heterocycles. The van der Waals surface area contributed by atoms with E-state index in [1.165, 1.54) is 22.7 Å². The van der Waals surface area contributed by atoms with Crippen LogP contribution in [-0.2, 0) is 41.7 Å². The van der Waals surface area contributed by atoms with E-state index in [4.69, 9.17) is 8.83 Å². The Balaban J connectivity index is 0.912. The number of benzene rings is 2. The predicted octanol–water partition coefficient (Wildman–Crippen LogP) is 5.98. The minimum absolute atomic E-state index is 0.0542. The van der Waals surface area contributed by atoms with Crippen molar-refractivity contribution in [1.82, 2.24) is 20.4 Å². The van der Waals surface area contributed by atoms with Gasteiger partial charge >= 0.3 is 0 Å². The minimum Gasteiger partial charge on any atom is -0.461 e. The van der Waals surface area contributed by atoms with E-state index in [2.05, 4.69) is 25.7 Å². The number of hydrogen-bond acceptors (Lipinski definition) is 10. The largest absolute Gasteiger partial charge is 0.461 e. The summed E-state index contributed by atoms with van der Waals surface area (Å²) in [6.07, 6.45) is 4.00. The van der Waals surface area contributed by atoms with Crippen molar-refractivity contribution in [2.24, 2.45) is 0 Å². The summed E-state index contributed by atoms with van der Waals surface area (Å²) in [5, 5.41) is 24.5. The number of rotatable bonds is 12. The van der Waals surface area contributed by atoms with Gasteiger partial charge in [-0.1, -0.05) is 47.7 Å². The fourth-order valence-electron chi connectivity index (χ4n) is 4.41. The lowest BCUT2D eigenvalue weighted by molar-refractivity contribution is -0.118. The molecule has 0 spiro atoms. The number of ketones is 1. The van der Waals surface area contributed by atoms with Crippen LogP contribution in [-0.4, -0.2) is 32.1 Å². The van der Waals surface area contributed by atoms with Gasteiger partial charge in [0.2, 0.25) is 11.0 Å². The summed E-state index contributed by atoms with van der Waals surface area (Å²) in [7, 11) is 0. The van der Waals surface area contributed by atoms with E-state index in [1.54, 1.807) is 0 Å². The molecule has 202 valence electrons. The number of Topliss-reactive ketones (excluding diaryl/α,β-unsaturated/α-hetero) is 1. The van der Waals surface area contributed by atoms with Crippen LogP contribution in [0.1, 0.15) is 39.4 Å². The average molecular weight is 572 g/mol. The number of anilines is 1. The fraction of sp³-hybridized carbons (Fsp3) is 0.241. The van der Waals surface area contributed by atoms with Gasteiger partial charge in [0.25, 0.3) is 0 Å². The van der Waals surface area contributed by atoms with Crippen molar-refractivity contribution in [3.05, 3.63) is 87.2 Å². The van der Waals surface area contributed by atoms with E-state index in [0.717, 1.165) is 62.6 Å². The van der Waals surface area contributed by atoms with Crippen LogP contribution in [0.15, 0.2) is 69.5 Å². The first-order chi connectivity index (χ1) is 19.6. The molecule has 0 radical (unpaired) electrons. The fourth-order valence-corrected chi connectivity index (χ4v) is 6.13. The second-order valence-corrected chi connectivity index (χ2v) is 11.6. The van der Waals surface area contributed by atoms with Gasteiger partial charge < -0.3 is 14.2 Å². The molecule has 0 aliphatic heterocycles. The van der Waals surface area contributed by atoms with Crippen molar-refractivity contribution in [3.8, 4) is 0 Å². The summed E-state index contributed by atoms with van der Waals surface area (Å²) in [6.45, 7) is 0. The number of fused-ring (bicyclic) bond motifs is 2. The maximum absolute atomic E-state index is 12.5. The molecule has 0 atom stereocenters. The van der Waals surface area contributed by atoms with Gasteiger partial charge in [-0.15, -0.1) is 31.7 Å². The third-order valence-electron chi connectivity index (χ3n) is 6.26. The first-order valence-electron chi connectivity index (χ1n) is 13.0. The molecule has 6 aromatic rings. The van der Waals surface area contributed by atoms with E-state index >= 15 is 0 Å². The SMILES string of the molecule is O=C(Cc1cc2ccccc2o1)Cc1nnc(CCCCc2nnc(NC(=O)Cc3cc4ccccc4o3)s2)s1. The summed E-state index contributed by atoms with van der Waals surface area (Å²) < 4.78 is 11.5. The maximum Gasteiger partial charge on any atom is 0.233 e. The number of nitrogens with one attached hydrogen (secondary N) is 1. The Kier molecular flexibility index (Phi) is 7.73.